The highest BCUT2D eigenvalue weighted by molar-refractivity contribution is 8.17. The Bertz CT molecular complexity index is 554. The first-order chi connectivity index (χ1) is 9.65. The van der Waals surface area contributed by atoms with Gasteiger partial charge in [-0.3, -0.25) is 0 Å². The summed E-state index contributed by atoms with van der Waals surface area (Å²) in [5, 5.41) is 32.1. The van der Waals surface area contributed by atoms with Crippen molar-refractivity contribution >= 4 is 23.5 Å². The summed E-state index contributed by atoms with van der Waals surface area (Å²) in [6, 6.07) is 8.26. The van der Waals surface area contributed by atoms with Crippen molar-refractivity contribution in [1.29, 1.82) is 5.26 Å². The number of aliphatic hydroxyl groups excluding tert-OH is 2. The Morgan fingerprint density at radius 2 is 2.10 bits per heavy atom. The average molecular weight is 308 g/mol. The predicted molar refractivity (Wildman–Crippen MR) is 78.2 cm³/mol. The summed E-state index contributed by atoms with van der Waals surface area (Å²) >= 11 is 2.86. The third-order valence-electron chi connectivity index (χ3n) is 2.87. The lowest BCUT2D eigenvalue weighted by molar-refractivity contribution is 0.0709. The van der Waals surface area contributed by atoms with E-state index in [4.69, 9.17) is 10.8 Å². The molecule has 4 atom stereocenters. The molecule has 0 bridgehead atoms. The number of hydrogen-bond acceptors (Lipinski definition) is 6. The third-order valence-corrected chi connectivity index (χ3v) is 5.77. The molecular weight excluding hydrogens is 296 g/mol. The quantitative estimate of drug-likeness (QED) is 0.504. The Labute approximate surface area is 124 Å². The molecule has 2 rings (SSSR count). The van der Waals surface area contributed by atoms with Gasteiger partial charge in [0.1, 0.15) is 0 Å². The lowest BCUT2D eigenvalue weighted by atomic mass is 10.1. The van der Waals surface area contributed by atoms with Gasteiger partial charge in [0.05, 0.1) is 34.5 Å². The molecular formula is C12H12N4O2S2. The number of aliphatic hydroxyl groups is 2. The van der Waals surface area contributed by atoms with E-state index in [-0.39, 0.29) is 4.58 Å². The van der Waals surface area contributed by atoms with Gasteiger partial charge in [0.25, 0.3) is 0 Å². The normalized spacial score (nSPS) is 29.2. The van der Waals surface area contributed by atoms with Crippen LogP contribution in [-0.4, -0.2) is 38.8 Å². The minimum atomic E-state index is -0.916. The summed E-state index contributed by atoms with van der Waals surface area (Å²) in [5.41, 5.74) is 9.06. The molecule has 0 aliphatic carbocycles. The molecule has 2 N–H and O–H groups in total. The lowest BCUT2D eigenvalue weighted by Crippen LogP contribution is -2.46. The van der Waals surface area contributed by atoms with E-state index >= 15 is 0 Å². The first-order valence-corrected chi connectivity index (χ1v) is 7.77. The number of rotatable bonds is 3. The van der Waals surface area contributed by atoms with Gasteiger partial charge in [0.15, 0.2) is 0 Å². The van der Waals surface area contributed by atoms with Gasteiger partial charge in [0.2, 0.25) is 0 Å². The van der Waals surface area contributed by atoms with Crippen molar-refractivity contribution < 1.29 is 10.2 Å². The highest BCUT2D eigenvalue weighted by Gasteiger charge is 2.38. The van der Waals surface area contributed by atoms with Crippen molar-refractivity contribution in [3.8, 4) is 6.07 Å². The van der Waals surface area contributed by atoms with Gasteiger partial charge in [-0.1, -0.05) is 5.11 Å². The van der Waals surface area contributed by atoms with Crippen LogP contribution >= 0.6 is 23.5 Å². The molecule has 6 nitrogen and oxygen atoms in total. The first-order valence-electron chi connectivity index (χ1n) is 5.84. The summed E-state index contributed by atoms with van der Waals surface area (Å²) in [7, 11) is 0. The lowest BCUT2D eigenvalue weighted by Gasteiger charge is -2.34. The van der Waals surface area contributed by atoms with E-state index in [0.717, 1.165) is 4.90 Å². The fourth-order valence-electron chi connectivity index (χ4n) is 1.83. The van der Waals surface area contributed by atoms with Crippen molar-refractivity contribution in [3.05, 3.63) is 40.3 Å². The van der Waals surface area contributed by atoms with Crippen LogP contribution in [-0.2, 0) is 0 Å². The number of benzene rings is 1. The summed E-state index contributed by atoms with van der Waals surface area (Å²) in [6.07, 6.45) is -1.75. The molecule has 0 spiro atoms. The molecule has 0 saturated carbocycles. The predicted octanol–water partition coefficient (Wildman–Crippen LogP) is 2.12. The monoisotopic (exact) mass is 308 g/mol. The second-order valence-corrected chi connectivity index (χ2v) is 6.90. The Balaban J connectivity index is 2.08. The molecule has 0 aromatic heterocycles. The summed E-state index contributed by atoms with van der Waals surface area (Å²) in [4.78, 5) is 3.59. The van der Waals surface area contributed by atoms with Crippen LogP contribution in [0.25, 0.3) is 10.4 Å². The third kappa shape index (κ3) is 3.39. The van der Waals surface area contributed by atoms with E-state index < -0.39 is 18.2 Å². The highest BCUT2D eigenvalue weighted by atomic mass is 32.2. The number of azide groups is 1. The standard InChI is InChI=1S/C12H12N4O2S2/c13-5-7-1-3-8(4-2-7)20-12-11(18)10(15-16-14)9(17)6-19-12/h1-4,9-12,17-18H,6H2/t9-,10+,11-,12-/m1/s1. The van der Waals surface area contributed by atoms with E-state index in [2.05, 4.69) is 10.0 Å². The van der Waals surface area contributed by atoms with Gasteiger partial charge in [-0.05, 0) is 29.8 Å². The van der Waals surface area contributed by atoms with Crippen LogP contribution in [0.15, 0.2) is 34.3 Å². The molecule has 0 radical (unpaired) electrons. The Morgan fingerprint density at radius 3 is 2.70 bits per heavy atom. The van der Waals surface area contributed by atoms with Gasteiger partial charge in [-0.25, -0.2) is 0 Å². The molecule has 0 amide bonds. The van der Waals surface area contributed by atoms with Crippen LogP contribution < -0.4 is 0 Å². The molecule has 1 saturated heterocycles. The molecule has 1 aromatic rings. The SMILES string of the molecule is N#Cc1ccc(S[C@H]2SC[C@@H](O)[C@H](N=[N+]=[N-])[C@H]2O)cc1. The molecule has 1 aliphatic rings. The van der Waals surface area contributed by atoms with Crippen molar-refractivity contribution in [2.45, 2.75) is 27.7 Å². The van der Waals surface area contributed by atoms with Crippen LogP contribution in [0.5, 0.6) is 0 Å². The molecule has 104 valence electrons. The molecule has 8 heteroatoms. The summed E-state index contributed by atoms with van der Waals surface area (Å²) in [5.74, 6) is 0.411. The smallest absolute Gasteiger partial charge is 0.0991 e. The zero-order valence-corrected chi connectivity index (χ0v) is 12.0. The Hall–Kier alpha value is -1.36. The molecule has 1 heterocycles. The maximum atomic E-state index is 10.2. The number of hydrogen-bond donors (Lipinski definition) is 2. The molecule has 20 heavy (non-hydrogen) atoms. The molecule has 1 fully saturated rings. The van der Waals surface area contributed by atoms with Gasteiger partial charge in [-0.2, -0.15) is 5.26 Å². The minimum absolute atomic E-state index is 0.221. The van der Waals surface area contributed by atoms with Crippen molar-refractivity contribution in [2.24, 2.45) is 5.11 Å². The fraction of sp³-hybridized carbons (Fsp3) is 0.417. The number of thioether (sulfide) groups is 2. The van der Waals surface area contributed by atoms with Gasteiger partial charge in [-0.15, -0.1) is 23.5 Å². The summed E-state index contributed by atoms with van der Waals surface area (Å²) in [6.45, 7) is 0. The van der Waals surface area contributed by atoms with Crippen LogP contribution in [0, 0.1) is 11.3 Å². The average Bonchev–Trinajstić information content (AvgIpc) is 2.47. The number of nitriles is 1. The second kappa shape index (κ2) is 6.88. The maximum Gasteiger partial charge on any atom is 0.0991 e. The topological polar surface area (TPSA) is 113 Å². The van der Waals surface area contributed by atoms with Crippen molar-refractivity contribution in [1.82, 2.24) is 0 Å². The van der Waals surface area contributed by atoms with Crippen molar-refractivity contribution in [3.63, 3.8) is 0 Å². The van der Waals surface area contributed by atoms with Gasteiger partial charge in [0, 0.05) is 15.6 Å². The van der Waals surface area contributed by atoms with Gasteiger partial charge >= 0.3 is 0 Å². The van der Waals surface area contributed by atoms with E-state index in [1.807, 2.05) is 18.2 Å². The van der Waals surface area contributed by atoms with E-state index in [0.29, 0.717) is 11.3 Å². The molecule has 1 aromatic carbocycles. The number of nitrogens with zero attached hydrogens (tertiary/aromatic N) is 4. The van der Waals surface area contributed by atoms with Crippen LogP contribution in [0.4, 0.5) is 0 Å². The van der Waals surface area contributed by atoms with Crippen molar-refractivity contribution in [2.75, 3.05) is 5.75 Å². The molecule has 0 unspecified atom stereocenters. The maximum absolute atomic E-state index is 10.2. The second-order valence-electron chi connectivity index (χ2n) is 4.21. The van der Waals surface area contributed by atoms with Crippen LogP contribution in [0.2, 0.25) is 0 Å². The van der Waals surface area contributed by atoms with E-state index in [1.165, 1.54) is 23.5 Å². The first kappa shape index (κ1) is 15.0. The summed E-state index contributed by atoms with van der Waals surface area (Å²) < 4.78 is -0.221. The molecule has 1 aliphatic heterocycles. The zero-order chi connectivity index (χ0) is 14.5. The minimum Gasteiger partial charge on any atom is -0.392 e. The highest BCUT2D eigenvalue weighted by Crippen LogP contribution is 2.39. The fourth-order valence-corrected chi connectivity index (χ4v) is 4.48. The van der Waals surface area contributed by atoms with E-state index in [9.17, 15) is 10.2 Å². The Kier molecular flexibility index (Phi) is 5.17. The van der Waals surface area contributed by atoms with Crippen LogP contribution in [0.1, 0.15) is 5.56 Å². The largest absolute Gasteiger partial charge is 0.392 e. The zero-order valence-electron chi connectivity index (χ0n) is 10.3. The Morgan fingerprint density at radius 1 is 1.40 bits per heavy atom. The van der Waals surface area contributed by atoms with Gasteiger partial charge < -0.3 is 10.2 Å². The van der Waals surface area contributed by atoms with E-state index in [1.54, 1.807) is 12.1 Å². The van der Waals surface area contributed by atoms with Crippen LogP contribution in [0.3, 0.4) is 0 Å².